The summed E-state index contributed by atoms with van der Waals surface area (Å²) in [5.41, 5.74) is 3.16. The monoisotopic (exact) mass is 270 g/mol. The van der Waals surface area contributed by atoms with Crippen LogP contribution in [0.15, 0.2) is 48.5 Å². The van der Waals surface area contributed by atoms with E-state index in [4.69, 9.17) is 9.84 Å². The molecule has 0 spiro atoms. The minimum Gasteiger partial charge on any atom is -0.496 e. The van der Waals surface area contributed by atoms with Crippen molar-refractivity contribution in [2.45, 2.75) is 19.3 Å². The zero-order valence-corrected chi connectivity index (χ0v) is 11.5. The highest BCUT2D eigenvalue weighted by Gasteiger charge is 2.08. The normalized spacial score (nSPS) is 10.2. The number of ether oxygens (including phenoxy) is 1. The number of rotatable bonds is 6. The summed E-state index contributed by atoms with van der Waals surface area (Å²) in [4.78, 5) is 10.8. The lowest BCUT2D eigenvalue weighted by Crippen LogP contribution is -2.03. The largest absolute Gasteiger partial charge is 0.496 e. The molecule has 0 aliphatic carbocycles. The van der Waals surface area contributed by atoms with Gasteiger partial charge in [0.2, 0.25) is 0 Å². The average Bonchev–Trinajstić information content (AvgIpc) is 2.46. The van der Waals surface area contributed by atoms with Crippen molar-refractivity contribution >= 4 is 5.97 Å². The lowest BCUT2D eigenvalue weighted by molar-refractivity contribution is -0.136. The maximum Gasteiger partial charge on any atom is 0.307 e. The zero-order valence-electron chi connectivity index (χ0n) is 11.5. The second-order valence-corrected chi connectivity index (χ2v) is 4.70. The molecule has 1 N–H and O–H groups in total. The Balaban J connectivity index is 2.07. The first-order valence-corrected chi connectivity index (χ1v) is 6.60. The Bertz CT molecular complexity index is 576. The molecule has 2 aromatic rings. The molecule has 0 radical (unpaired) electrons. The SMILES string of the molecule is COc1cc(CCc2ccccc2)ccc1CC(=O)O. The molecule has 0 aromatic heterocycles. The quantitative estimate of drug-likeness (QED) is 0.877. The van der Waals surface area contributed by atoms with Crippen LogP contribution in [0.3, 0.4) is 0 Å². The summed E-state index contributed by atoms with van der Waals surface area (Å²) in [5, 5.41) is 8.85. The first-order valence-electron chi connectivity index (χ1n) is 6.60. The van der Waals surface area contributed by atoms with E-state index in [1.807, 2.05) is 36.4 Å². The Labute approximate surface area is 118 Å². The minimum absolute atomic E-state index is 0.0118. The average molecular weight is 270 g/mol. The maximum absolute atomic E-state index is 10.8. The van der Waals surface area contributed by atoms with Gasteiger partial charge in [-0.25, -0.2) is 0 Å². The van der Waals surface area contributed by atoms with Crippen LogP contribution in [-0.4, -0.2) is 18.2 Å². The smallest absolute Gasteiger partial charge is 0.307 e. The third-order valence-electron chi connectivity index (χ3n) is 3.24. The van der Waals surface area contributed by atoms with Gasteiger partial charge in [-0.1, -0.05) is 42.5 Å². The van der Waals surface area contributed by atoms with Gasteiger partial charge in [0.25, 0.3) is 0 Å². The van der Waals surface area contributed by atoms with E-state index in [0.717, 1.165) is 18.4 Å². The van der Waals surface area contributed by atoms with Crippen LogP contribution in [0.4, 0.5) is 0 Å². The first kappa shape index (κ1) is 14.1. The van der Waals surface area contributed by atoms with Crippen LogP contribution in [0.5, 0.6) is 5.75 Å². The highest BCUT2D eigenvalue weighted by Crippen LogP contribution is 2.22. The van der Waals surface area contributed by atoms with Crippen LogP contribution in [0.25, 0.3) is 0 Å². The van der Waals surface area contributed by atoms with Crippen molar-refractivity contribution < 1.29 is 14.6 Å². The number of carboxylic acid groups (broad SMARTS) is 1. The standard InChI is InChI=1S/C17H18O3/c1-20-16-11-14(9-10-15(16)12-17(18)19)8-7-13-5-3-2-4-6-13/h2-6,9-11H,7-8,12H2,1H3,(H,18,19). The van der Waals surface area contributed by atoms with E-state index in [9.17, 15) is 4.79 Å². The van der Waals surface area contributed by atoms with Crippen molar-refractivity contribution in [3.63, 3.8) is 0 Å². The predicted molar refractivity (Wildman–Crippen MR) is 78.2 cm³/mol. The number of aryl methyl sites for hydroxylation is 2. The van der Waals surface area contributed by atoms with Gasteiger partial charge in [0, 0.05) is 5.56 Å². The summed E-state index contributed by atoms with van der Waals surface area (Å²) >= 11 is 0. The molecule has 2 rings (SSSR count). The first-order chi connectivity index (χ1) is 9.69. The Morgan fingerprint density at radius 1 is 1.05 bits per heavy atom. The summed E-state index contributed by atoms with van der Waals surface area (Å²) in [6.07, 6.45) is 1.86. The fourth-order valence-electron chi connectivity index (χ4n) is 2.19. The van der Waals surface area contributed by atoms with Crippen molar-refractivity contribution in [3.05, 3.63) is 65.2 Å². The van der Waals surface area contributed by atoms with Crippen LogP contribution in [0.2, 0.25) is 0 Å². The van der Waals surface area contributed by atoms with Crippen molar-refractivity contribution in [3.8, 4) is 5.75 Å². The second kappa shape index (κ2) is 6.75. The van der Waals surface area contributed by atoms with Crippen molar-refractivity contribution in [1.29, 1.82) is 0 Å². The summed E-state index contributed by atoms with van der Waals surface area (Å²) in [5.74, 6) is -0.196. The van der Waals surface area contributed by atoms with Gasteiger partial charge in [-0.2, -0.15) is 0 Å². The van der Waals surface area contributed by atoms with Gasteiger partial charge in [0.15, 0.2) is 0 Å². The number of hydrogen-bond acceptors (Lipinski definition) is 2. The minimum atomic E-state index is -0.847. The van der Waals surface area contributed by atoms with Gasteiger partial charge < -0.3 is 9.84 Å². The maximum atomic E-state index is 10.8. The number of aliphatic carboxylic acids is 1. The van der Waals surface area contributed by atoms with Gasteiger partial charge in [-0.3, -0.25) is 4.79 Å². The molecular weight excluding hydrogens is 252 g/mol. The molecule has 0 aliphatic rings. The highest BCUT2D eigenvalue weighted by atomic mass is 16.5. The van der Waals surface area contributed by atoms with Gasteiger partial charge >= 0.3 is 5.97 Å². The van der Waals surface area contributed by atoms with Crippen LogP contribution in [0.1, 0.15) is 16.7 Å². The molecule has 104 valence electrons. The topological polar surface area (TPSA) is 46.5 Å². The van der Waals surface area contributed by atoms with Crippen LogP contribution >= 0.6 is 0 Å². The van der Waals surface area contributed by atoms with Gasteiger partial charge in [-0.15, -0.1) is 0 Å². The second-order valence-electron chi connectivity index (χ2n) is 4.70. The van der Waals surface area contributed by atoms with E-state index in [2.05, 4.69) is 12.1 Å². The van der Waals surface area contributed by atoms with Crippen molar-refractivity contribution in [1.82, 2.24) is 0 Å². The zero-order chi connectivity index (χ0) is 14.4. The molecule has 0 unspecified atom stereocenters. The summed E-state index contributed by atoms with van der Waals surface area (Å²) in [6, 6.07) is 16.0. The Morgan fingerprint density at radius 2 is 1.75 bits per heavy atom. The van der Waals surface area contributed by atoms with Crippen LogP contribution in [0, 0.1) is 0 Å². The lowest BCUT2D eigenvalue weighted by Gasteiger charge is -2.09. The summed E-state index contributed by atoms with van der Waals surface area (Å²) in [6.45, 7) is 0. The number of carboxylic acids is 1. The van der Waals surface area contributed by atoms with E-state index >= 15 is 0 Å². The van der Waals surface area contributed by atoms with Crippen molar-refractivity contribution in [2.75, 3.05) is 7.11 Å². The van der Waals surface area contributed by atoms with Gasteiger partial charge in [0.05, 0.1) is 13.5 Å². The van der Waals surface area contributed by atoms with Gasteiger partial charge in [-0.05, 0) is 30.0 Å². The Morgan fingerprint density at radius 3 is 2.40 bits per heavy atom. The summed E-state index contributed by atoms with van der Waals surface area (Å²) in [7, 11) is 1.57. The van der Waals surface area contributed by atoms with Crippen LogP contribution in [-0.2, 0) is 24.1 Å². The van der Waals surface area contributed by atoms with E-state index in [1.165, 1.54) is 5.56 Å². The molecule has 0 bridgehead atoms. The lowest BCUT2D eigenvalue weighted by atomic mass is 10.0. The van der Waals surface area contributed by atoms with Gasteiger partial charge in [0.1, 0.15) is 5.75 Å². The molecule has 3 heteroatoms. The molecule has 0 fully saturated rings. The summed E-state index contributed by atoms with van der Waals surface area (Å²) < 4.78 is 5.28. The molecule has 0 atom stereocenters. The third-order valence-corrected chi connectivity index (χ3v) is 3.24. The molecule has 0 saturated heterocycles. The number of hydrogen-bond donors (Lipinski definition) is 1. The molecule has 0 saturated carbocycles. The number of benzene rings is 2. The van der Waals surface area contributed by atoms with Crippen LogP contribution < -0.4 is 4.74 Å². The van der Waals surface area contributed by atoms with Crippen molar-refractivity contribution in [2.24, 2.45) is 0 Å². The van der Waals surface area contributed by atoms with E-state index in [0.29, 0.717) is 11.3 Å². The molecule has 0 aliphatic heterocycles. The predicted octanol–water partition coefficient (Wildman–Crippen LogP) is 3.11. The molecule has 2 aromatic carbocycles. The molecular formula is C17H18O3. The van der Waals surface area contributed by atoms with E-state index < -0.39 is 5.97 Å². The third kappa shape index (κ3) is 3.85. The molecule has 20 heavy (non-hydrogen) atoms. The number of carbonyl (C=O) groups is 1. The molecule has 0 amide bonds. The molecule has 0 heterocycles. The fourth-order valence-corrected chi connectivity index (χ4v) is 2.19. The fraction of sp³-hybridized carbons (Fsp3) is 0.235. The van der Waals surface area contributed by atoms with E-state index in [1.54, 1.807) is 7.11 Å². The Hall–Kier alpha value is -2.29. The highest BCUT2D eigenvalue weighted by molar-refractivity contribution is 5.71. The Kier molecular flexibility index (Phi) is 4.77. The molecule has 3 nitrogen and oxygen atoms in total. The van der Waals surface area contributed by atoms with E-state index in [-0.39, 0.29) is 6.42 Å². The number of methoxy groups -OCH3 is 1.